The van der Waals surface area contributed by atoms with Crippen molar-refractivity contribution in [2.45, 2.75) is 13.5 Å². The van der Waals surface area contributed by atoms with Crippen molar-refractivity contribution < 1.29 is 19.1 Å². The predicted molar refractivity (Wildman–Crippen MR) is 80.4 cm³/mol. The summed E-state index contributed by atoms with van der Waals surface area (Å²) < 4.78 is 5.85. The fourth-order valence-corrected chi connectivity index (χ4v) is 2.03. The van der Waals surface area contributed by atoms with Crippen LogP contribution in [0, 0.1) is 6.92 Å². The summed E-state index contributed by atoms with van der Waals surface area (Å²) in [7, 11) is 0. The van der Waals surface area contributed by atoms with Gasteiger partial charge < -0.3 is 20.2 Å². The molecule has 0 saturated heterocycles. The lowest BCUT2D eigenvalue weighted by atomic mass is 10.2. The molecule has 2 aromatic rings. The van der Waals surface area contributed by atoms with Crippen LogP contribution < -0.4 is 10.6 Å². The monoisotopic (exact) mass is 352 g/mol. The highest BCUT2D eigenvalue weighted by Crippen LogP contribution is 2.25. The molecule has 6 nitrogen and oxygen atoms in total. The topological polar surface area (TPSA) is 91.6 Å². The minimum atomic E-state index is -1.14. The van der Waals surface area contributed by atoms with Crippen LogP contribution in [0.25, 0.3) is 0 Å². The minimum Gasteiger partial charge on any atom is -0.475 e. The molecule has 0 aliphatic heterocycles. The Morgan fingerprint density at radius 2 is 2.05 bits per heavy atom. The summed E-state index contributed by atoms with van der Waals surface area (Å²) in [4.78, 5) is 22.5. The van der Waals surface area contributed by atoms with Crippen LogP contribution in [0.2, 0.25) is 0 Å². The van der Waals surface area contributed by atoms with Gasteiger partial charge in [-0.05, 0) is 46.6 Å². The number of benzene rings is 1. The van der Waals surface area contributed by atoms with Crippen LogP contribution in [0.4, 0.5) is 10.5 Å². The number of halogens is 1. The number of amides is 2. The normalized spacial score (nSPS) is 10.2. The number of carbonyl (C=O) groups is 2. The van der Waals surface area contributed by atoms with Crippen molar-refractivity contribution in [3.8, 4) is 0 Å². The quantitative estimate of drug-likeness (QED) is 0.786. The molecular weight excluding hydrogens is 340 g/mol. The summed E-state index contributed by atoms with van der Waals surface area (Å²) in [6, 6.07) is 7.96. The van der Waals surface area contributed by atoms with Crippen LogP contribution in [0.1, 0.15) is 21.9 Å². The zero-order chi connectivity index (χ0) is 15.4. The Bertz CT molecular complexity index is 681. The first-order valence-electron chi connectivity index (χ1n) is 6.09. The molecule has 0 aliphatic carbocycles. The van der Waals surface area contributed by atoms with Gasteiger partial charge in [-0.1, -0.05) is 12.1 Å². The molecule has 1 aromatic heterocycles. The number of carbonyl (C=O) groups excluding carboxylic acids is 1. The molecule has 0 spiro atoms. The average molecular weight is 353 g/mol. The highest BCUT2D eigenvalue weighted by Gasteiger charge is 2.10. The lowest BCUT2D eigenvalue weighted by Crippen LogP contribution is -2.28. The number of aromatic carboxylic acids is 1. The molecule has 21 heavy (non-hydrogen) atoms. The van der Waals surface area contributed by atoms with Gasteiger partial charge in [-0.3, -0.25) is 0 Å². The van der Waals surface area contributed by atoms with Crippen molar-refractivity contribution in [1.82, 2.24) is 5.32 Å². The number of anilines is 1. The summed E-state index contributed by atoms with van der Waals surface area (Å²) in [5, 5.41) is 14.0. The maximum absolute atomic E-state index is 11.8. The summed E-state index contributed by atoms with van der Waals surface area (Å²) in [5.41, 5.74) is 1.66. The van der Waals surface area contributed by atoms with Gasteiger partial charge in [0.1, 0.15) is 5.76 Å². The summed E-state index contributed by atoms with van der Waals surface area (Å²) in [6.07, 6.45) is 0. The number of nitrogens with one attached hydrogen (secondary N) is 2. The van der Waals surface area contributed by atoms with Crippen molar-refractivity contribution in [1.29, 1.82) is 0 Å². The molecule has 2 rings (SSSR count). The predicted octanol–water partition coefficient (Wildman–Crippen LogP) is 3.37. The fourth-order valence-electron chi connectivity index (χ4n) is 1.67. The molecule has 0 unspecified atom stereocenters. The van der Waals surface area contributed by atoms with Gasteiger partial charge in [0.2, 0.25) is 5.76 Å². The van der Waals surface area contributed by atoms with E-state index in [0.29, 0.717) is 11.4 Å². The van der Waals surface area contributed by atoms with E-state index in [1.165, 1.54) is 12.1 Å². The molecule has 1 aromatic carbocycles. The Hall–Kier alpha value is -2.28. The molecule has 0 bridgehead atoms. The Balaban J connectivity index is 1.92. The van der Waals surface area contributed by atoms with E-state index in [1.54, 1.807) is 6.07 Å². The lowest BCUT2D eigenvalue weighted by Gasteiger charge is -2.09. The van der Waals surface area contributed by atoms with Gasteiger partial charge in [0, 0.05) is 4.47 Å². The van der Waals surface area contributed by atoms with E-state index in [0.717, 1.165) is 10.0 Å². The Morgan fingerprint density at radius 3 is 2.71 bits per heavy atom. The number of hydrogen-bond acceptors (Lipinski definition) is 3. The lowest BCUT2D eigenvalue weighted by molar-refractivity contribution is 0.0660. The van der Waals surface area contributed by atoms with E-state index < -0.39 is 12.0 Å². The second-order valence-electron chi connectivity index (χ2n) is 4.32. The number of aryl methyl sites for hydroxylation is 1. The third kappa shape index (κ3) is 3.85. The standard InChI is InChI=1S/C14H13BrN2O4/c1-8-3-2-4-10(12(8)15)17-14(20)16-7-9-5-6-11(21-9)13(18)19/h2-6H,7H2,1H3,(H,18,19)(H2,16,17,20). The highest BCUT2D eigenvalue weighted by atomic mass is 79.9. The van der Waals surface area contributed by atoms with Gasteiger partial charge in [0.05, 0.1) is 12.2 Å². The van der Waals surface area contributed by atoms with E-state index in [9.17, 15) is 9.59 Å². The molecule has 3 N–H and O–H groups in total. The van der Waals surface area contributed by atoms with Gasteiger partial charge in [-0.2, -0.15) is 0 Å². The molecular formula is C14H13BrN2O4. The van der Waals surface area contributed by atoms with Gasteiger partial charge in [0.25, 0.3) is 0 Å². The van der Waals surface area contributed by atoms with Crippen molar-refractivity contribution >= 4 is 33.6 Å². The Labute approximate surface area is 129 Å². The summed E-state index contributed by atoms with van der Waals surface area (Å²) in [6.45, 7) is 2.02. The smallest absolute Gasteiger partial charge is 0.371 e. The van der Waals surface area contributed by atoms with Crippen molar-refractivity contribution in [3.63, 3.8) is 0 Å². The van der Waals surface area contributed by atoms with Crippen LogP contribution in [0.5, 0.6) is 0 Å². The molecule has 110 valence electrons. The van der Waals surface area contributed by atoms with Crippen LogP contribution in [0.3, 0.4) is 0 Å². The van der Waals surface area contributed by atoms with Gasteiger partial charge in [0.15, 0.2) is 0 Å². The van der Waals surface area contributed by atoms with Gasteiger partial charge in [-0.25, -0.2) is 9.59 Å². The summed E-state index contributed by atoms with van der Waals surface area (Å²) in [5.74, 6) is -0.936. The van der Waals surface area contributed by atoms with Crippen molar-refractivity contribution in [2.24, 2.45) is 0 Å². The van der Waals surface area contributed by atoms with Crippen LogP contribution in [0.15, 0.2) is 39.2 Å². The van der Waals surface area contributed by atoms with Gasteiger partial charge in [-0.15, -0.1) is 0 Å². The molecule has 0 radical (unpaired) electrons. The molecule has 1 heterocycles. The zero-order valence-corrected chi connectivity index (χ0v) is 12.7. The second kappa shape index (κ2) is 6.45. The molecule has 0 aliphatic rings. The van der Waals surface area contributed by atoms with E-state index in [4.69, 9.17) is 9.52 Å². The number of carboxylic acids is 1. The van der Waals surface area contributed by atoms with E-state index in [1.807, 2.05) is 19.1 Å². The molecule has 2 amide bonds. The van der Waals surface area contributed by atoms with E-state index in [-0.39, 0.29) is 12.3 Å². The van der Waals surface area contributed by atoms with Crippen LogP contribution in [-0.4, -0.2) is 17.1 Å². The number of hydrogen-bond donors (Lipinski definition) is 3. The van der Waals surface area contributed by atoms with Crippen molar-refractivity contribution in [2.75, 3.05) is 5.32 Å². The largest absolute Gasteiger partial charge is 0.475 e. The first kappa shape index (κ1) is 15.1. The summed E-state index contributed by atoms with van der Waals surface area (Å²) >= 11 is 3.40. The number of furan rings is 1. The SMILES string of the molecule is Cc1cccc(NC(=O)NCc2ccc(C(=O)O)o2)c1Br. The zero-order valence-electron chi connectivity index (χ0n) is 11.1. The van der Waals surface area contributed by atoms with Gasteiger partial charge >= 0.3 is 12.0 Å². The minimum absolute atomic E-state index is 0.0998. The average Bonchev–Trinajstić information content (AvgIpc) is 2.91. The third-order valence-electron chi connectivity index (χ3n) is 2.74. The Kier molecular flexibility index (Phi) is 4.64. The third-order valence-corrected chi connectivity index (χ3v) is 3.79. The van der Waals surface area contributed by atoms with E-state index in [2.05, 4.69) is 26.6 Å². The van der Waals surface area contributed by atoms with Crippen LogP contribution >= 0.6 is 15.9 Å². The van der Waals surface area contributed by atoms with Crippen molar-refractivity contribution in [3.05, 3.63) is 51.9 Å². The molecule has 0 atom stereocenters. The van der Waals surface area contributed by atoms with Crippen LogP contribution in [-0.2, 0) is 6.54 Å². The molecule has 7 heteroatoms. The Morgan fingerprint density at radius 1 is 1.29 bits per heavy atom. The first-order valence-corrected chi connectivity index (χ1v) is 6.88. The number of rotatable bonds is 4. The maximum Gasteiger partial charge on any atom is 0.371 e. The number of carboxylic acid groups (broad SMARTS) is 1. The van der Waals surface area contributed by atoms with E-state index >= 15 is 0 Å². The fraction of sp³-hybridized carbons (Fsp3) is 0.143. The second-order valence-corrected chi connectivity index (χ2v) is 5.11. The maximum atomic E-state index is 11.8. The number of urea groups is 1. The highest BCUT2D eigenvalue weighted by molar-refractivity contribution is 9.10. The molecule has 0 fully saturated rings. The first-order chi connectivity index (χ1) is 9.97. The molecule has 0 saturated carbocycles.